The molecular formula is C14H22N4S2. The van der Waals surface area contributed by atoms with E-state index < -0.39 is 0 Å². The summed E-state index contributed by atoms with van der Waals surface area (Å²) in [5.74, 6) is 0. The molecule has 0 aliphatic carbocycles. The van der Waals surface area contributed by atoms with Gasteiger partial charge in [-0.15, -0.1) is 22.7 Å². The Hall–Kier alpha value is -0.820. The Labute approximate surface area is 128 Å². The molecule has 0 atom stereocenters. The number of rotatable bonds is 6. The molecule has 0 aliphatic rings. The zero-order chi connectivity index (χ0) is 14.6. The molecule has 110 valence electrons. The van der Waals surface area contributed by atoms with Gasteiger partial charge in [-0.3, -0.25) is 4.90 Å². The topological polar surface area (TPSA) is 41.1 Å². The molecule has 0 saturated carbocycles. The lowest BCUT2D eigenvalue weighted by molar-refractivity contribution is 0.312. The standard InChI is InChI=1S/C14H22N4S2/c1-14(2,3)16-5-13-17-12(9-20-13)7-18(4)6-11-8-19-10-15-11/h8-10,16H,5-7H2,1-4H3. The van der Waals surface area contributed by atoms with Crippen LogP contribution in [0.5, 0.6) is 0 Å². The summed E-state index contributed by atoms with van der Waals surface area (Å²) in [6.07, 6.45) is 0. The smallest absolute Gasteiger partial charge is 0.107 e. The lowest BCUT2D eigenvalue weighted by Crippen LogP contribution is -2.35. The molecule has 0 unspecified atom stereocenters. The van der Waals surface area contributed by atoms with Crippen LogP contribution in [0.1, 0.15) is 37.2 Å². The maximum Gasteiger partial charge on any atom is 0.107 e. The monoisotopic (exact) mass is 310 g/mol. The first-order valence-corrected chi connectivity index (χ1v) is 8.48. The summed E-state index contributed by atoms with van der Waals surface area (Å²) in [6, 6.07) is 0. The molecule has 4 nitrogen and oxygen atoms in total. The average Bonchev–Trinajstić information content (AvgIpc) is 2.97. The van der Waals surface area contributed by atoms with Crippen LogP contribution in [-0.4, -0.2) is 27.5 Å². The minimum Gasteiger partial charge on any atom is -0.306 e. The van der Waals surface area contributed by atoms with Crippen molar-refractivity contribution in [1.29, 1.82) is 0 Å². The predicted octanol–water partition coefficient (Wildman–Crippen LogP) is 3.12. The molecule has 1 N–H and O–H groups in total. The molecule has 0 bridgehead atoms. The first-order chi connectivity index (χ1) is 9.42. The van der Waals surface area contributed by atoms with Crippen molar-refractivity contribution in [3.05, 3.63) is 32.7 Å². The second kappa shape index (κ2) is 6.76. The van der Waals surface area contributed by atoms with E-state index >= 15 is 0 Å². The van der Waals surface area contributed by atoms with Gasteiger partial charge in [0.2, 0.25) is 0 Å². The first kappa shape index (κ1) is 15.6. The van der Waals surface area contributed by atoms with Gasteiger partial charge in [-0.25, -0.2) is 9.97 Å². The number of hydrogen-bond acceptors (Lipinski definition) is 6. The van der Waals surface area contributed by atoms with Gasteiger partial charge >= 0.3 is 0 Å². The summed E-state index contributed by atoms with van der Waals surface area (Å²) < 4.78 is 0. The first-order valence-electron chi connectivity index (χ1n) is 6.66. The number of nitrogens with zero attached hydrogens (tertiary/aromatic N) is 3. The number of aromatic nitrogens is 2. The predicted molar refractivity (Wildman–Crippen MR) is 86.0 cm³/mol. The largest absolute Gasteiger partial charge is 0.306 e. The molecule has 2 heterocycles. The van der Waals surface area contributed by atoms with E-state index in [2.05, 4.69) is 58.8 Å². The van der Waals surface area contributed by atoms with E-state index in [1.807, 2.05) is 5.51 Å². The van der Waals surface area contributed by atoms with Crippen molar-refractivity contribution in [2.75, 3.05) is 7.05 Å². The molecule has 0 saturated heterocycles. The fourth-order valence-corrected chi connectivity index (χ4v) is 3.04. The molecule has 0 aromatic carbocycles. The Kier molecular flexibility index (Phi) is 5.26. The van der Waals surface area contributed by atoms with Crippen LogP contribution in [0.2, 0.25) is 0 Å². The van der Waals surface area contributed by atoms with Crippen molar-refractivity contribution in [1.82, 2.24) is 20.2 Å². The fourth-order valence-electron chi connectivity index (χ4n) is 1.77. The molecule has 0 radical (unpaired) electrons. The van der Waals surface area contributed by atoms with E-state index in [0.717, 1.165) is 36.0 Å². The Bertz CT molecular complexity index is 514. The van der Waals surface area contributed by atoms with Crippen LogP contribution < -0.4 is 5.32 Å². The average molecular weight is 310 g/mol. The van der Waals surface area contributed by atoms with Gasteiger partial charge in [0.15, 0.2) is 0 Å². The van der Waals surface area contributed by atoms with Crippen molar-refractivity contribution in [3.8, 4) is 0 Å². The zero-order valence-corrected chi connectivity index (χ0v) is 14.1. The molecule has 2 aromatic rings. The van der Waals surface area contributed by atoms with Crippen molar-refractivity contribution < 1.29 is 0 Å². The van der Waals surface area contributed by atoms with Crippen LogP contribution in [0.3, 0.4) is 0 Å². The molecule has 6 heteroatoms. The molecule has 0 amide bonds. The van der Waals surface area contributed by atoms with Crippen molar-refractivity contribution in [2.45, 2.75) is 45.9 Å². The van der Waals surface area contributed by atoms with Crippen LogP contribution in [-0.2, 0) is 19.6 Å². The van der Waals surface area contributed by atoms with Crippen molar-refractivity contribution >= 4 is 22.7 Å². The minimum absolute atomic E-state index is 0.132. The summed E-state index contributed by atoms with van der Waals surface area (Å²) in [5, 5.41) is 8.86. The van der Waals surface area contributed by atoms with Gasteiger partial charge in [0.25, 0.3) is 0 Å². The molecule has 2 rings (SSSR count). The van der Waals surface area contributed by atoms with Crippen LogP contribution >= 0.6 is 22.7 Å². The quantitative estimate of drug-likeness (QED) is 0.890. The number of nitrogens with one attached hydrogen (secondary N) is 1. The van der Waals surface area contributed by atoms with Gasteiger partial charge in [0, 0.05) is 35.9 Å². The number of thiazole rings is 2. The molecule has 2 aromatic heterocycles. The van der Waals surface area contributed by atoms with E-state index in [1.165, 1.54) is 0 Å². The second-order valence-electron chi connectivity index (χ2n) is 5.99. The highest BCUT2D eigenvalue weighted by Gasteiger charge is 2.11. The zero-order valence-electron chi connectivity index (χ0n) is 12.5. The van der Waals surface area contributed by atoms with E-state index in [-0.39, 0.29) is 5.54 Å². The van der Waals surface area contributed by atoms with E-state index in [0.29, 0.717) is 0 Å². The summed E-state index contributed by atoms with van der Waals surface area (Å²) >= 11 is 3.37. The minimum atomic E-state index is 0.132. The second-order valence-corrected chi connectivity index (χ2v) is 7.65. The fraction of sp³-hybridized carbons (Fsp3) is 0.571. The Balaban J connectivity index is 1.83. The van der Waals surface area contributed by atoms with Crippen LogP contribution in [0, 0.1) is 0 Å². The summed E-state index contributed by atoms with van der Waals surface area (Å²) in [7, 11) is 2.10. The Morgan fingerprint density at radius 3 is 2.60 bits per heavy atom. The maximum absolute atomic E-state index is 4.68. The van der Waals surface area contributed by atoms with E-state index in [1.54, 1.807) is 22.7 Å². The molecule has 0 spiro atoms. The van der Waals surface area contributed by atoms with Gasteiger partial charge in [0.05, 0.1) is 16.9 Å². The van der Waals surface area contributed by atoms with Gasteiger partial charge in [-0.2, -0.15) is 0 Å². The van der Waals surface area contributed by atoms with Gasteiger partial charge in [-0.1, -0.05) is 0 Å². The van der Waals surface area contributed by atoms with Crippen LogP contribution in [0.25, 0.3) is 0 Å². The number of hydrogen-bond donors (Lipinski definition) is 1. The normalized spacial score (nSPS) is 12.2. The summed E-state index contributed by atoms with van der Waals surface area (Å²) in [6.45, 7) is 9.08. The highest BCUT2D eigenvalue weighted by atomic mass is 32.1. The van der Waals surface area contributed by atoms with E-state index in [9.17, 15) is 0 Å². The van der Waals surface area contributed by atoms with Gasteiger partial charge in [0.1, 0.15) is 5.01 Å². The van der Waals surface area contributed by atoms with Crippen LogP contribution in [0.15, 0.2) is 16.3 Å². The van der Waals surface area contributed by atoms with Crippen molar-refractivity contribution in [2.24, 2.45) is 0 Å². The molecule has 0 fully saturated rings. The highest BCUT2D eigenvalue weighted by Crippen LogP contribution is 2.14. The molecular weight excluding hydrogens is 288 g/mol. The third kappa shape index (κ3) is 5.28. The summed E-state index contributed by atoms with van der Waals surface area (Å²) in [5.41, 5.74) is 4.27. The van der Waals surface area contributed by atoms with E-state index in [4.69, 9.17) is 0 Å². The lowest BCUT2D eigenvalue weighted by atomic mass is 10.1. The van der Waals surface area contributed by atoms with Gasteiger partial charge in [-0.05, 0) is 27.8 Å². The van der Waals surface area contributed by atoms with Crippen molar-refractivity contribution in [3.63, 3.8) is 0 Å². The highest BCUT2D eigenvalue weighted by molar-refractivity contribution is 7.09. The third-order valence-electron chi connectivity index (χ3n) is 2.72. The van der Waals surface area contributed by atoms with Crippen LogP contribution in [0.4, 0.5) is 0 Å². The molecule has 20 heavy (non-hydrogen) atoms. The lowest BCUT2D eigenvalue weighted by Gasteiger charge is -2.19. The summed E-state index contributed by atoms with van der Waals surface area (Å²) in [4.78, 5) is 11.2. The third-order valence-corrected chi connectivity index (χ3v) is 4.25. The Morgan fingerprint density at radius 1 is 1.20 bits per heavy atom. The maximum atomic E-state index is 4.68. The van der Waals surface area contributed by atoms with Gasteiger partial charge < -0.3 is 5.32 Å². The SMILES string of the molecule is CN(Cc1cscn1)Cc1csc(CNC(C)(C)C)n1. The molecule has 0 aliphatic heterocycles. The Morgan fingerprint density at radius 2 is 1.95 bits per heavy atom.